The van der Waals surface area contributed by atoms with Crippen LogP contribution in [0.1, 0.15) is 22.2 Å². The summed E-state index contributed by atoms with van der Waals surface area (Å²) in [6.07, 6.45) is 0.103. The molecule has 0 aliphatic carbocycles. The van der Waals surface area contributed by atoms with E-state index in [4.69, 9.17) is 10.5 Å². The highest BCUT2D eigenvalue weighted by Crippen LogP contribution is 2.38. The molecule has 2 N–H and O–H groups in total. The van der Waals surface area contributed by atoms with Crippen molar-refractivity contribution in [1.29, 1.82) is 5.26 Å². The van der Waals surface area contributed by atoms with Gasteiger partial charge < -0.3 is 20.3 Å². The van der Waals surface area contributed by atoms with Crippen LogP contribution in [0, 0.1) is 11.3 Å². The van der Waals surface area contributed by atoms with E-state index in [0.29, 0.717) is 30.1 Å². The van der Waals surface area contributed by atoms with Gasteiger partial charge in [0.1, 0.15) is 21.5 Å². The van der Waals surface area contributed by atoms with Gasteiger partial charge in [-0.15, -0.1) is 11.3 Å². The van der Waals surface area contributed by atoms with Gasteiger partial charge in [-0.25, -0.2) is 0 Å². The van der Waals surface area contributed by atoms with E-state index in [1.807, 2.05) is 6.92 Å². The predicted molar refractivity (Wildman–Crippen MR) is 79.1 cm³/mol. The fourth-order valence-corrected chi connectivity index (χ4v) is 3.35. The zero-order valence-electron chi connectivity index (χ0n) is 11.8. The number of nitriles is 1. The lowest BCUT2D eigenvalue weighted by Gasteiger charge is -2.32. The van der Waals surface area contributed by atoms with E-state index in [9.17, 15) is 10.1 Å². The number of anilines is 2. The van der Waals surface area contributed by atoms with Crippen molar-refractivity contribution in [1.82, 2.24) is 4.90 Å². The lowest BCUT2D eigenvalue weighted by Crippen LogP contribution is -2.41. The van der Waals surface area contributed by atoms with E-state index in [0.717, 1.165) is 5.00 Å². The van der Waals surface area contributed by atoms with Crippen LogP contribution >= 0.6 is 11.3 Å². The molecule has 6 nitrogen and oxygen atoms in total. The van der Waals surface area contributed by atoms with Gasteiger partial charge in [0.2, 0.25) is 0 Å². The molecule has 1 aliphatic rings. The molecule has 1 fully saturated rings. The van der Waals surface area contributed by atoms with Gasteiger partial charge in [-0.05, 0) is 6.92 Å². The molecule has 0 radical (unpaired) electrons. The minimum atomic E-state index is -0.170. The monoisotopic (exact) mass is 294 g/mol. The van der Waals surface area contributed by atoms with Crippen LogP contribution in [-0.4, -0.2) is 50.7 Å². The van der Waals surface area contributed by atoms with Crippen molar-refractivity contribution in [2.45, 2.75) is 13.0 Å². The summed E-state index contributed by atoms with van der Waals surface area (Å²) in [6, 6.07) is 2.12. The summed E-state index contributed by atoms with van der Waals surface area (Å²) in [5.41, 5.74) is 6.66. The molecule has 7 heteroatoms. The maximum Gasteiger partial charge on any atom is 0.265 e. The fourth-order valence-electron chi connectivity index (χ4n) is 2.13. The van der Waals surface area contributed by atoms with E-state index in [1.54, 1.807) is 14.1 Å². The first-order valence-corrected chi connectivity index (χ1v) is 7.18. The average Bonchev–Trinajstić information content (AvgIpc) is 2.74. The molecule has 1 aliphatic heterocycles. The van der Waals surface area contributed by atoms with Crippen molar-refractivity contribution < 1.29 is 9.53 Å². The molecule has 1 unspecified atom stereocenters. The SMILES string of the molecule is CC1CN(c2sc(C(=O)N(C)C)c(N)c2C#N)CCO1. The maximum atomic E-state index is 12.1. The Bertz CT molecular complexity index is 561. The number of morpholine rings is 1. The van der Waals surface area contributed by atoms with Crippen molar-refractivity contribution in [2.24, 2.45) is 0 Å². The molecule has 108 valence electrons. The maximum absolute atomic E-state index is 12.1. The van der Waals surface area contributed by atoms with E-state index in [2.05, 4.69) is 11.0 Å². The van der Waals surface area contributed by atoms with Crippen molar-refractivity contribution in [2.75, 3.05) is 44.4 Å². The van der Waals surface area contributed by atoms with Crippen molar-refractivity contribution in [3.8, 4) is 6.07 Å². The zero-order chi connectivity index (χ0) is 14.9. The van der Waals surface area contributed by atoms with Crippen LogP contribution in [0.25, 0.3) is 0 Å². The van der Waals surface area contributed by atoms with Gasteiger partial charge in [-0.3, -0.25) is 4.79 Å². The van der Waals surface area contributed by atoms with Crippen LogP contribution in [0.4, 0.5) is 10.7 Å². The molecule has 1 amide bonds. The van der Waals surface area contributed by atoms with Crippen LogP contribution in [0.5, 0.6) is 0 Å². The Balaban J connectivity index is 2.41. The van der Waals surface area contributed by atoms with Gasteiger partial charge in [0.15, 0.2) is 0 Å². The van der Waals surface area contributed by atoms with Gasteiger partial charge in [-0.1, -0.05) is 0 Å². The molecule has 2 heterocycles. The second-order valence-corrected chi connectivity index (χ2v) is 5.96. The number of thiophene rings is 1. The smallest absolute Gasteiger partial charge is 0.265 e. The number of nitrogens with two attached hydrogens (primary N) is 1. The molecule has 0 saturated carbocycles. The minimum Gasteiger partial charge on any atom is -0.396 e. The van der Waals surface area contributed by atoms with Gasteiger partial charge in [0, 0.05) is 27.2 Å². The van der Waals surface area contributed by atoms with Crippen LogP contribution in [0.15, 0.2) is 0 Å². The van der Waals surface area contributed by atoms with E-state index in [-0.39, 0.29) is 17.7 Å². The third-order valence-electron chi connectivity index (χ3n) is 3.17. The average molecular weight is 294 g/mol. The molecule has 0 bridgehead atoms. The Morgan fingerprint density at radius 1 is 1.60 bits per heavy atom. The van der Waals surface area contributed by atoms with Gasteiger partial charge in [-0.2, -0.15) is 5.26 Å². The molecular weight excluding hydrogens is 276 g/mol. The summed E-state index contributed by atoms with van der Waals surface area (Å²) in [4.78, 5) is 16.1. The molecule has 1 atom stereocenters. The van der Waals surface area contributed by atoms with Crippen LogP contribution in [-0.2, 0) is 4.74 Å². The summed E-state index contributed by atoms with van der Waals surface area (Å²) in [5, 5.41) is 10.1. The third kappa shape index (κ3) is 2.57. The molecule has 20 heavy (non-hydrogen) atoms. The Morgan fingerprint density at radius 3 is 2.85 bits per heavy atom. The molecule has 1 saturated heterocycles. The number of ether oxygens (including phenoxy) is 1. The van der Waals surface area contributed by atoms with Gasteiger partial charge in [0.05, 0.1) is 18.4 Å². The number of amides is 1. The number of rotatable bonds is 2. The summed E-state index contributed by atoms with van der Waals surface area (Å²) >= 11 is 1.29. The quantitative estimate of drug-likeness (QED) is 0.884. The van der Waals surface area contributed by atoms with Gasteiger partial charge >= 0.3 is 0 Å². The fraction of sp³-hybridized carbons (Fsp3) is 0.538. The number of hydrogen-bond donors (Lipinski definition) is 1. The second-order valence-electron chi connectivity index (χ2n) is 4.96. The summed E-state index contributed by atoms with van der Waals surface area (Å²) in [6.45, 7) is 4.00. The van der Waals surface area contributed by atoms with E-state index < -0.39 is 0 Å². The summed E-state index contributed by atoms with van der Waals surface area (Å²) < 4.78 is 5.50. The highest BCUT2D eigenvalue weighted by molar-refractivity contribution is 7.19. The Morgan fingerprint density at radius 2 is 2.30 bits per heavy atom. The first kappa shape index (κ1) is 14.6. The molecular formula is C13H18N4O2S. The van der Waals surface area contributed by atoms with Crippen molar-refractivity contribution in [3.05, 3.63) is 10.4 Å². The topological polar surface area (TPSA) is 82.6 Å². The normalized spacial score (nSPS) is 18.7. The number of nitrogens with zero attached hydrogens (tertiary/aromatic N) is 3. The van der Waals surface area contributed by atoms with Crippen LogP contribution < -0.4 is 10.6 Å². The Kier molecular flexibility index (Phi) is 4.16. The molecule has 1 aromatic rings. The molecule has 2 rings (SSSR count). The van der Waals surface area contributed by atoms with Crippen molar-refractivity contribution in [3.63, 3.8) is 0 Å². The number of carbonyl (C=O) groups is 1. The predicted octanol–water partition coefficient (Wildman–Crippen LogP) is 1.13. The highest BCUT2D eigenvalue weighted by Gasteiger charge is 2.27. The zero-order valence-corrected chi connectivity index (χ0v) is 12.7. The first-order valence-electron chi connectivity index (χ1n) is 6.36. The van der Waals surface area contributed by atoms with E-state index >= 15 is 0 Å². The van der Waals surface area contributed by atoms with E-state index in [1.165, 1.54) is 16.2 Å². The Hall–Kier alpha value is -1.78. The molecule has 0 aromatic carbocycles. The first-order chi connectivity index (χ1) is 9.45. The van der Waals surface area contributed by atoms with Crippen LogP contribution in [0.3, 0.4) is 0 Å². The number of nitrogen functional groups attached to an aromatic ring is 1. The summed E-state index contributed by atoms with van der Waals surface area (Å²) in [7, 11) is 3.34. The lowest BCUT2D eigenvalue weighted by molar-refractivity contribution is 0.0534. The molecule has 0 spiro atoms. The Labute approximate surface area is 122 Å². The van der Waals surface area contributed by atoms with Crippen molar-refractivity contribution >= 4 is 27.9 Å². The third-order valence-corrected chi connectivity index (χ3v) is 4.42. The summed E-state index contributed by atoms with van der Waals surface area (Å²) in [5.74, 6) is -0.170. The largest absolute Gasteiger partial charge is 0.396 e. The standard InChI is InChI=1S/C13H18N4O2S/c1-8-7-17(4-5-19-8)13-9(6-14)10(15)11(20-13)12(18)16(2)3/h8H,4-5,7,15H2,1-3H3. The number of carbonyl (C=O) groups excluding carboxylic acids is 1. The lowest BCUT2D eigenvalue weighted by atomic mass is 10.2. The van der Waals surface area contributed by atoms with Gasteiger partial charge in [0.25, 0.3) is 5.91 Å². The number of hydrogen-bond acceptors (Lipinski definition) is 6. The minimum absolute atomic E-state index is 0.103. The van der Waals surface area contributed by atoms with Crippen LogP contribution in [0.2, 0.25) is 0 Å². The molecule has 1 aromatic heterocycles. The second kappa shape index (κ2) is 5.69. The highest BCUT2D eigenvalue weighted by atomic mass is 32.1.